The third-order valence-corrected chi connectivity index (χ3v) is 2.45. The molecule has 0 N–H and O–H groups in total. The van der Waals surface area contributed by atoms with Crippen LogP contribution >= 0.6 is 0 Å². The van der Waals surface area contributed by atoms with Crippen molar-refractivity contribution in [2.75, 3.05) is 13.7 Å². The maximum Gasteiger partial charge on any atom is 0.138 e. The van der Waals surface area contributed by atoms with Gasteiger partial charge in [0.25, 0.3) is 0 Å². The summed E-state index contributed by atoms with van der Waals surface area (Å²) in [4.78, 5) is 4.32. The fraction of sp³-hybridized carbons (Fsp3) is 0.308. The van der Waals surface area contributed by atoms with E-state index in [1.54, 1.807) is 13.3 Å². The summed E-state index contributed by atoms with van der Waals surface area (Å²) in [5.74, 6) is 0.780. The van der Waals surface area contributed by atoms with Gasteiger partial charge in [-0.2, -0.15) is 0 Å². The molecule has 2 rings (SSSR count). The zero-order valence-corrected chi connectivity index (χ0v) is 9.51. The minimum Gasteiger partial charge on any atom is -0.489 e. The lowest BCUT2D eigenvalue weighted by atomic mass is 10.2. The van der Waals surface area contributed by atoms with Crippen molar-refractivity contribution in [1.82, 2.24) is 4.98 Å². The molecule has 0 saturated carbocycles. The summed E-state index contributed by atoms with van der Waals surface area (Å²) in [6, 6.07) is 9.96. The van der Waals surface area contributed by atoms with Crippen molar-refractivity contribution >= 4 is 10.9 Å². The summed E-state index contributed by atoms with van der Waals surface area (Å²) in [5, 5.41) is 1.09. The topological polar surface area (TPSA) is 31.4 Å². The van der Waals surface area contributed by atoms with Crippen LogP contribution in [-0.2, 0) is 4.74 Å². The van der Waals surface area contributed by atoms with Crippen LogP contribution in [0.1, 0.15) is 6.92 Å². The maximum atomic E-state index is 5.58. The number of aromatic nitrogens is 1. The zero-order valence-electron chi connectivity index (χ0n) is 9.51. The number of benzene rings is 1. The van der Waals surface area contributed by atoms with Crippen molar-refractivity contribution < 1.29 is 9.47 Å². The Morgan fingerprint density at radius 1 is 1.31 bits per heavy atom. The second kappa shape index (κ2) is 4.94. The van der Waals surface area contributed by atoms with Gasteiger partial charge in [-0.3, -0.25) is 4.98 Å². The standard InChI is InChI=1S/C13H15NO2/c1-10(15-2)9-16-12-7-11-5-3-4-6-13(11)14-8-12/h3-8,10H,9H2,1-2H3. The van der Waals surface area contributed by atoms with E-state index in [1.165, 1.54) is 0 Å². The Kier molecular flexibility index (Phi) is 3.37. The largest absolute Gasteiger partial charge is 0.489 e. The number of fused-ring (bicyclic) bond motifs is 1. The van der Waals surface area contributed by atoms with Gasteiger partial charge in [-0.15, -0.1) is 0 Å². The van der Waals surface area contributed by atoms with Crippen LogP contribution in [-0.4, -0.2) is 24.8 Å². The van der Waals surface area contributed by atoms with Gasteiger partial charge in [0.1, 0.15) is 12.4 Å². The van der Waals surface area contributed by atoms with Crippen LogP contribution in [0.3, 0.4) is 0 Å². The molecule has 0 aliphatic rings. The van der Waals surface area contributed by atoms with E-state index >= 15 is 0 Å². The van der Waals surface area contributed by atoms with Crippen molar-refractivity contribution in [3.05, 3.63) is 36.5 Å². The van der Waals surface area contributed by atoms with E-state index in [0.717, 1.165) is 16.7 Å². The molecular formula is C13H15NO2. The van der Waals surface area contributed by atoms with Crippen molar-refractivity contribution in [3.8, 4) is 5.75 Å². The molecule has 1 unspecified atom stereocenters. The Labute approximate surface area is 95.0 Å². The average molecular weight is 217 g/mol. The van der Waals surface area contributed by atoms with Gasteiger partial charge < -0.3 is 9.47 Å². The molecule has 0 saturated heterocycles. The molecule has 0 fully saturated rings. The highest BCUT2D eigenvalue weighted by molar-refractivity contribution is 5.79. The Balaban J connectivity index is 2.13. The normalized spacial score (nSPS) is 12.6. The van der Waals surface area contributed by atoms with Crippen LogP contribution in [0.5, 0.6) is 5.75 Å². The highest BCUT2D eigenvalue weighted by Gasteiger charge is 2.02. The second-order valence-electron chi connectivity index (χ2n) is 3.72. The molecule has 0 amide bonds. The lowest BCUT2D eigenvalue weighted by Gasteiger charge is -2.11. The predicted octanol–water partition coefficient (Wildman–Crippen LogP) is 2.65. The number of para-hydroxylation sites is 1. The first-order valence-corrected chi connectivity index (χ1v) is 5.30. The van der Waals surface area contributed by atoms with Crippen molar-refractivity contribution in [2.24, 2.45) is 0 Å². The number of rotatable bonds is 4. The molecule has 84 valence electrons. The summed E-state index contributed by atoms with van der Waals surface area (Å²) in [6.07, 6.45) is 1.83. The highest BCUT2D eigenvalue weighted by atomic mass is 16.5. The first kappa shape index (κ1) is 10.9. The van der Waals surface area contributed by atoms with E-state index in [1.807, 2.05) is 37.3 Å². The van der Waals surface area contributed by atoms with Crippen molar-refractivity contribution in [2.45, 2.75) is 13.0 Å². The summed E-state index contributed by atoms with van der Waals surface area (Å²) in [6.45, 7) is 2.50. The number of nitrogens with zero attached hydrogens (tertiary/aromatic N) is 1. The molecule has 3 heteroatoms. The number of methoxy groups -OCH3 is 1. The second-order valence-corrected chi connectivity index (χ2v) is 3.72. The fourth-order valence-corrected chi connectivity index (χ4v) is 1.41. The van der Waals surface area contributed by atoms with E-state index in [4.69, 9.17) is 9.47 Å². The number of pyridine rings is 1. The van der Waals surface area contributed by atoms with Crippen molar-refractivity contribution in [3.63, 3.8) is 0 Å². The van der Waals surface area contributed by atoms with Crippen LogP contribution in [0.4, 0.5) is 0 Å². The lowest BCUT2D eigenvalue weighted by Crippen LogP contribution is -2.15. The van der Waals surface area contributed by atoms with Gasteiger partial charge in [0.2, 0.25) is 0 Å². The van der Waals surface area contributed by atoms with Gasteiger partial charge >= 0.3 is 0 Å². The van der Waals surface area contributed by atoms with Gasteiger partial charge in [-0.1, -0.05) is 18.2 Å². The summed E-state index contributed by atoms with van der Waals surface area (Å²) >= 11 is 0. The van der Waals surface area contributed by atoms with E-state index in [0.29, 0.717) is 6.61 Å². The quantitative estimate of drug-likeness (QED) is 0.789. The molecule has 1 heterocycles. The van der Waals surface area contributed by atoms with Crippen molar-refractivity contribution in [1.29, 1.82) is 0 Å². The van der Waals surface area contributed by atoms with Crippen LogP contribution in [0.2, 0.25) is 0 Å². The molecule has 1 aromatic heterocycles. The minimum absolute atomic E-state index is 0.0893. The minimum atomic E-state index is 0.0893. The van der Waals surface area contributed by atoms with Crippen LogP contribution in [0, 0.1) is 0 Å². The number of ether oxygens (including phenoxy) is 2. The molecule has 0 bridgehead atoms. The SMILES string of the molecule is COC(C)COc1cnc2ccccc2c1. The zero-order chi connectivity index (χ0) is 11.4. The smallest absolute Gasteiger partial charge is 0.138 e. The molecule has 1 aromatic carbocycles. The summed E-state index contributed by atoms with van der Waals surface area (Å²) in [5.41, 5.74) is 0.981. The van der Waals surface area contributed by atoms with Gasteiger partial charge in [-0.25, -0.2) is 0 Å². The monoisotopic (exact) mass is 217 g/mol. The highest BCUT2D eigenvalue weighted by Crippen LogP contribution is 2.17. The Bertz CT molecular complexity index is 470. The van der Waals surface area contributed by atoms with E-state index in [9.17, 15) is 0 Å². The van der Waals surface area contributed by atoms with Gasteiger partial charge in [-0.05, 0) is 19.1 Å². The Morgan fingerprint density at radius 2 is 2.12 bits per heavy atom. The summed E-state index contributed by atoms with van der Waals surface area (Å²) in [7, 11) is 1.67. The molecule has 0 spiro atoms. The van der Waals surface area contributed by atoms with Gasteiger partial charge in [0.05, 0.1) is 17.8 Å². The van der Waals surface area contributed by atoms with E-state index in [-0.39, 0.29) is 6.10 Å². The van der Waals surface area contributed by atoms with E-state index < -0.39 is 0 Å². The number of hydrogen-bond donors (Lipinski definition) is 0. The first-order valence-electron chi connectivity index (χ1n) is 5.30. The molecule has 3 nitrogen and oxygen atoms in total. The lowest BCUT2D eigenvalue weighted by molar-refractivity contribution is 0.0716. The first-order chi connectivity index (χ1) is 7.79. The number of hydrogen-bond acceptors (Lipinski definition) is 3. The van der Waals surface area contributed by atoms with Crippen LogP contribution in [0.15, 0.2) is 36.5 Å². The predicted molar refractivity (Wildman–Crippen MR) is 63.7 cm³/mol. The van der Waals surface area contributed by atoms with Gasteiger partial charge in [0.15, 0.2) is 0 Å². The van der Waals surface area contributed by atoms with Crippen LogP contribution in [0.25, 0.3) is 10.9 Å². The molecule has 1 atom stereocenters. The molecule has 0 aliphatic carbocycles. The third kappa shape index (κ3) is 2.49. The molecule has 0 aliphatic heterocycles. The Hall–Kier alpha value is -1.61. The van der Waals surface area contributed by atoms with E-state index in [2.05, 4.69) is 4.98 Å². The maximum absolute atomic E-state index is 5.58. The summed E-state index contributed by atoms with van der Waals surface area (Å²) < 4.78 is 10.7. The molecular weight excluding hydrogens is 202 g/mol. The average Bonchev–Trinajstić information content (AvgIpc) is 2.35. The van der Waals surface area contributed by atoms with Crippen LogP contribution < -0.4 is 4.74 Å². The molecule has 2 aromatic rings. The molecule has 16 heavy (non-hydrogen) atoms. The Morgan fingerprint density at radius 3 is 2.94 bits per heavy atom. The molecule has 0 radical (unpaired) electrons. The van der Waals surface area contributed by atoms with Gasteiger partial charge in [0, 0.05) is 12.5 Å². The fourth-order valence-electron chi connectivity index (χ4n) is 1.41. The third-order valence-electron chi connectivity index (χ3n) is 2.45.